The summed E-state index contributed by atoms with van der Waals surface area (Å²) >= 11 is 0. The predicted molar refractivity (Wildman–Crippen MR) is 53.9 cm³/mol. The number of hydrogen-bond acceptors (Lipinski definition) is 2. The number of aromatic nitrogens is 1. The zero-order chi connectivity index (χ0) is 11.1. The van der Waals surface area contributed by atoms with Crippen molar-refractivity contribution >= 4 is 0 Å². The topological polar surface area (TPSA) is 24.9 Å². The van der Waals surface area contributed by atoms with Crippen LogP contribution in [0.5, 0.6) is 0 Å². The Morgan fingerprint density at radius 3 is 2.53 bits per heavy atom. The molecule has 0 unspecified atom stereocenters. The van der Waals surface area contributed by atoms with E-state index in [1.807, 2.05) is 13.8 Å². The van der Waals surface area contributed by atoms with E-state index < -0.39 is 11.5 Å². The molecule has 1 aliphatic rings. The van der Waals surface area contributed by atoms with Crippen LogP contribution in [0.25, 0.3) is 0 Å². The molecular weight excluding hydrogens is 198 g/mol. The number of hydrogen-bond donors (Lipinski definition) is 1. The second-order valence-corrected chi connectivity index (χ2v) is 4.31. The van der Waals surface area contributed by atoms with Crippen molar-refractivity contribution in [2.45, 2.75) is 25.4 Å². The summed E-state index contributed by atoms with van der Waals surface area (Å²) in [7, 11) is 0. The summed E-state index contributed by atoms with van der Waals surface area (Å²) in [4.78, 5) is 4.08. The summed E-state index contributed by atoms with van der Waals surface area (Å²) in [5, 5.41) is 2.80. The number of halogens is 2. The van der Waals surface area contributed by atoms with Crippen molar-refractivity contribution < 1.29 is 8.78 Å². The van der Waals surface area contributed by atoms with Crippen LogP contribution in [0, 0.1) is 5.82 Å². The van der Waals surface area contributed by atoms with E-state index in [2.05, 4.69) is 10.3 Å². The average molecular weight is 212 g/mol. The predicted octanol–water partition coefficient (Wildman–Crippen LogP) is 2.11. The summed E-state index contributed by atoms with van der Waals surface area (Å²) in [6, 6.07) is 1.33. The maximum Gasteiger partial charge on any atom is 0.164 e. The van der Waals surface area contributed by atoms with Crippen molar-refractivity contribution in [2.75, 3.05) is 13.1 Å². The largest absolute Gasteiger partial charge is 0.310 e. The molecule has 1 aromatic heterocycles. The zero-order valence-corrected chi connectivity index (χ0v) is 8.85. The van der Waals surface area contributed by atoms with E-state index in [0.29, 0.717) is 5.69 Å². The molecule has 15 heavy (non-hydrogen) atoms. The van der Waals surface area contributed by atoms with Gasteiger partial charge in [-0.15, -0.1) is 0 Å². The quantitative estimate of drug-likeness (QED) is 0.812. The lowest BCUT2D eigenvalue weighted by molar-refractivity contribution is 0.0842. The van der Waals surface area contributed by atoms with Gasteiger partial charge in [-0.25, -0.2) is 8.78 Å². The molecule has 1 saturated heterocycles. The third kappa shape index (κ3) is 1.74. The average Bonchev–Trinajstić information content (AvgIpc) is 2.14. The molecule has 1 aliphatic heterocycles. The van der Waals surface area contributed by atoms with Gasteiger partial charge >= 0.3 is 0 Å². The van der Waals surface area contributed by atoms with Gasteiger partial charge in [0.2, 0.25) is 0 Å². The van der Waals surface area contributed by atoms with Gasteiger partial charge in [-0.05, 0) is 12.0 Å². The van der Waals surface area contributed by atoms with E-state index in [1.165, 1.54) is 12.3 Å². The Labute approximate surface area is 87.7 Å². The summed E-state index contributed by atoms with van der Waals surface area (Å²) in [5.41, 5.74) is -0.829. The second kappa shape index (κ2) is 3.52. The molecule has 0 spiro atoms. The Hall–Kier alpha value is -1.03. The maximum atomic E-state index is 13.9. The molecule has 2 heterocycles. The van der Waals surface area contributed by atoms with Crippen molar-refractivity contribution in [3.8, 4) is 0 Å². The number of rotatable bonds is 2. The summed E-state index contributed by atoms with van der Waals surface area (Å²) in [6.07, 6.45) is 1.32. The number of nitrogens with one attached hydrogen (secondary N) is 1. The Balaban J connectivity index is 2.34. The van der Waals surface area contributed by atoms with Gasteiger partial charge in [0.25, 0.3) is 0 Å². The van der Waals surface area contributed by atoms with Crippen molar-refractivity contribution in [3.05, 3.63) is 29.3 Å². The first-order valence-electron chi connectivity index (χ1n) is 5.08. The van der Waals surface area contributed by atoms with Crippen molar-refractivity contribution in [1.29, 1.82) is 0 Å². The van der Waals surface area contributed by atoms with E-state index >= 15 is 0 Å². The molecule has 0 aromatic carbocycles. The van der Waals surface area contributed by atoms with Gasteiger partial charge in [-0.1, -0.05) is 13.8 Å². The monoisotopic (exact) mass is 212 g/mol. The lowest BCUT2D eigenvalue weighted by Gasteiger charge is -2.35. The second-order valence-electron chi connectivity index (χ2n) is 4.31. The first kappa shape index (κ1) is 10.5. The Morgan fingerprint density at radius 2 is 2.13 bits per heavy atom. The molecule has 0 atom stereocenters. The Bertz CT molecular complexity index is 373. The van der Waals surface area contributed by atoms with Gasteiger partial charge in [0.1, 0.15) is 5.82 Å². The van der Waals surface area contributed by atoms with Gasteiger partial charge in [-0.2, -0.15) is 0 Å². The number of alkyl halides is 1. The standard InChI is InChI=1S/C11H14F2N2/c1-7(2)10-3-9(12)8(4-15-10)11(13)5-14-6-11/h3-4,7,14H,5-6H2,1-2H3. The minimum absolute atomic E-state index is 0.0747. The van der Waals surface area contributed by atoms with Crippen molar-refractivity contribution in [2.24, 2.45) is 0 Å². The third-order valence-electron chi connectivity index (χ3n) is 2.76. The van der Waals surface area contributed by atoms with Crippen LogP contribution in [-0.2, 0) is 5.67 Å². The fourth-order valence-corrected chi connectivity index (χ4v) is 1.63. The fourth-order valence-electron chi connectivity index (χ4n) is 1.63. The smallest absolute Gasteiger partial charge is 0.164 e. The molecular formula is C11H14F2N2. The van der Waals surface area contributed by atoms with Crippen LogP contribution in [0.4, 0.5) is 8.78 Å². The molecule has 0 bridgehead atoms. The molecule has 2 nitrogen and oxygen atoms in total. The molecule has 1 aromatic rings. The maximum absolute atomic E-state index is 13.9. The summed E-state index contributed by atoms with van der Waals surface area (Å²) in [6.45, 7) is 4.20. The lowest BCUT2D eigenvalue weighted by atomic mass is 9.90. The highest BCUT2D eigenvalue weighted by atomic mass is 19.1. The number of nitrogens with zero attached hydrogens (tertiary/aromatic N) is 1. The minimum atomic E-state index is -1.56. The molecule has 1 N–H and O–H groups in total. The molecule has 2 rings (SSSR count). The minimum Gasteiger partial charge on any atom is -0.310 e. The molecule has 0 amide bonds. The highest BCUT2D eigenvalue weighted by Gasteiger charge is 2.41. The van der Waals surface area contributed by atoms with Crippen LogP contribution in [0.15, 0.2) is 12.3 Å². The molecule has 0 aliphatic carbocycles. The summed E-state index contributed by atoms with van der Waals surface area (Å²) < 4.78 is 27.5. The first-order chi connectivity index (χ1) is 7.03. The molecule has 0 saturated carbocycles. The van der Waals surface area contributed by atoms with E-state index in [0.717, 1.165) is 0 Å². The Morgan fingerprint density at radius 1 is 1.47 bits per heavy atom. The normalized spacial score (nSPS) is 19.0. The van der Waals surface area contributed by atoms with E-state index in [1.54, 1.807) is 0 Å². The van der Waals surface area contributed by atoms with E-state index in [4.69, 9.17) is 0 Å². The molecule has 0 radical (unpaired) electrons. The summed E-state index contributed by atoms with van der Waals surface area (Å²) in [5.74, 6) is -0.332. The molecule has 1 fully saturated rings. The van der Waals surface area contributed by atoms with Crippen LogP contribution in [0.3, 0.4) is 0 Å². The van der Waals surface area contributed by atoms with Crippen molar-refractivity contribution in [1.82, 2.24) is 10.3 Å². The zero-order valence-electron chi connectivity index (χ0n) is 8.85. The third-order valence-corrected chi connectivity index (χ3v) is 2.76. The number of pyridine rings is 1. The first-order valence-corrected chi connectivity index (χ1v) is 5.08. The molecule has 82 valence electrons. The SMILES string of the molecule is CC(C)c1cc(F)c(C2(F)CNC2)cn1. The van der Waals surface area contributed by atoms with Gasteiger partial charge in [-0.3, -0.25) is 4.98 Å². The van der Waals surface area contributed by atoms with Gasteiger partial charge in [0, 0.05) is 30.5 Å². The lowest BCUT2D eigenvalue weighted by Crippen LogP contribution is -2.54. The van der Waals surface area contributed by atoms with Crippen LogP contribution in [-0.4, -0.2) is 18.1 Å². The van der Waals surface area contributed by atoms with Crippen LogP contribution < -0.4 is 5.32 Å². The highest BCUT2D eigenvalue weighted by Crippen LogP contribution is 2.32. The van der Waals surface area contributed by atoms with E-state index in [-0.39, 0.29) is 24.6 Å². The van der Waals surface area contributed by atoms with Gasteiger partial charge in [0.15, 0.2) is 5.67 Å². The van der Waals surface area contributed by atoms with Crippen molar-refractivity contribution in [3.63, 3.8) is 0 Å². The fraction of sp³-hybridized carbons (Fsp3) is 0.545. The van der Waals surface area contributed by atoms with Crippen LogP contribution >= 0.6 is 0 Å². The molecule has 4 heteroatoms. The highest BCUT2D eigenvalue weighted by molar-refractivity contribution is 5.27. The van der Waals surface area contributed by atoms with Gasteiger partial charge < -0.3 is 5.32 Å². The van der Waals surface area contributed by atoms with Crippen LogP contribution in [0.2, 0.25) is 0 Å². The van der Waals surface area contributed by atoms with Gasteiger partial charge in [0.05, 0.1) is 0 Å². The van der Waals surface area contributed by atoms with Crippen LogP contribution in [0.1, 0.15) is 31.0 Å². The Kier molecular flexibility index (Phi) is 2.46. The van der Waals surface area contributed by atoms with E-state index in [9.17, 15) is 8.78 Å².